The zero-order valence-corrected chi connectivity index (χ0v) is 22.4. The van der Waals surface area contributed by atoms with Crippen LogP contribution in [0.3, 0.4) is 0 Å². The summed E-state index contributed by atoms with van der Waals surface area (Å²) in [5.74, 6) is 1.59. The van der Waals surface area contributed by atoms with E-state index in [0.717, 1.165) is 22.2 Å². The molecule has 0 bridgehead atoms. The number of nitrogens with one attached hydrogen (secondary N) is 1. The third kappa shape index (κ3) is 6.46. The Morgan fingerprint density at radius 1 is 1.00 bits per heavy atom. The highest BCUT2D eigenvalue weighted by Crippen LogP contribution is 2.25. The third-order valence-corrected chi connectivity index (χ3v) is 6.73. The van der Waals surface area contributed by atoms with Crippen molar-refractivity contribution in [2.24, 2.45) is 0 Å². The van der Waals surface area contributed by atoms with Gasteiger partial charge in [0, 0.05) is 28.7 Å². The van der Waals surface area contributed by atoms with Crippen molar-refractivity contribution < 1.29 is 19.0 Å². The maximum atomic E-state index is 12.9. The van der Waals surface area contributed by atoms with E-state index in [1.54, 1.807) is 13.2 Å². The first-order valence-electron chi connectivity index (χ1n) is 12.4. The molecule has 5 aromatic rings. The van der Waals surface area contributed by atoms with Crippen LogP contribution in [-0.2, 0) is 17.9 Å². The summed E-state index contributed by atoms with van der Waals surface area (Å²) in [4.78, 5) is 12.9. The monoisotopic (exact) mass is 551 g/mol. The summed E-state index contributed by atoms with van der Waals surface area (Å²) in [6.07, 6.45) is 3.49. The summed E-state index contributed by atoms with van der Waals surface area (Å²) in [6.45, 7) is 1.21. The molecular formula is C30H25N5O4S. The van der Waals surface area contributed by atoms with E-state index in [9.17, 15) is 10.1 Å². The van der Waals surface area contributed by atoms with Crippen molar-refractivity contribution in [3.8, 4) is 23.3 Å². The molecule has 200 valence electrons. The number of benzene rings is 3. The van der Waals surface area contributed by atoms with Crippen LogP contribution in [0.25, 0.3) is 17.0 Å². The molecule has 0 radical (unpaired) electrons. The SMILES string of the molecule is COc1cccc(OCCn2cc(C=C(C#N)C(=O)Nc3nnc(COc4ccccc4)s3)c3ccccc32)c1. The minimum atomic E-state index is -0.563. The Balaban J connectivity index is 1.26. The number of fused-ring (bicyclic) bond motifs is 1. The maximum Gasteiger partial charge on any atom is 0.268 e. The third-order valence-electron chi connectivity index (χ3n) is 5.92. The molecule has 9 nitrogen and oxygen atoms in total. The van der Waals surface area contributed by atoms with Crippen LogP contribution < -0.4 is 19.5 Å². The van der Waals surface area contributed by atoms with Crippen molar-refractivity contribution in [2.45, 2.75) is 13.2 Å². The topological polar surface area (TPSA) is 111 Å². The van der Waals surface area contributed by atoms with Gasteiger partial charge in [0.15, 0.2) is 5.01 Å². The highest BCUT2D eigenvalue weighted by Gasteiger charge is 2.15. The van der Waals surface area contributed by atoms with Gasteiger partial charge >= 0.3 is 0 Å². The number of methoxy groups -OCH3 is 1. The molecule has 0 saturated heterocycles. The van der Waals surface area contributed by atoms with Gasteiger partial charge in [-0.25, -0.2) is 0 Å². The van der Waals surface area contributed by atoms with Crippen LogP contribution in [0.4, 0.5) is 5.13 Å². The molecule has 2 aromatic heterocycles. The van der Waals surface area contributed by atoms with Gasteiger partial charge in [-0.15, -0.1) is 10.2 Å². The normalized spacial score (nSPS) is 11.2. The molecule has 0 aliphatic heterocycles. The van der Waals surface area contributed by atoms with Crippen molar-refractivity contribution in [2.75, 3.05) is 19.0 Å². The van der Waals surface area contributed by atoms with Gasteiger partial charge in [0.2, 0.25) is 5.13 Å². The molecular weight excluding hydrogens is 526 g/mol. The zero-order chi connectivity index (χ0) is 27.7. The predicted molar refractivity (Wildman–Crippen MR) is 153 cm³/mol. The summed E-state index contributed by atoms with van der Waals surface area (Å²) in [5.41, 5.74) is 1.67. The Labute approximate surface area is 234 Å². The molecule has 0 fully saturated rings. The number of hydrogen-bond donors (Lipinski definition) is 1. The number of amides is 1. The highest BCUT2D eigenvalue weighted by atomic mass is 32.1. The molecule has 3 aromatic carbocycles. The standard InChI is InChI=1S/C30H25N5O4S/c1-37-24-10-7-11-25(17-24)38-15-14-35-19-22(26-12-5-6-13-27(26)35)16-21(18-31)29(36)32-30-34-33-28(40-30)20-39-23-8-3-2-4-9-23/h2-13,16-17,19H,14-15,20H2,1H3,(H,32,34,36). The number of ether oxygens (including phenoxy) is 3. The van der Waals surface area contributed by atoms with Crippen molar-refractivity contribution in [1.29, 1.82) is 5.26 Å². The Bertz CT molecular complexity index is 1690. The Hall–Kier alpha value is -5.14. The minimum Gasteiger partial charge on any atom is -0.497 e. The first kappa shape index (κ1) is 26.5. The van der Waals surface area contributed by atoms with Crippen molar-refractivity contribution in [1.82, 2.24) is 14.8 Å². The molecule has 0 spiro atoms. The average Bonchev–Trinajstić information content (AvgIpc) is 3.59. The van der Waals surface area contributed by atoms with Gasteiger partial charge in [-0.05, 0) is 36.4 Å². The van der Waals surface area contributed by atoms with E-state index in [0.29, 0.717) is 29.7 Å². The first-order chi connectivity index (χ1) is 19.6. The predicted octanol–water partition coefficient (Wildman–Crippen LogP) is 5.71. The number of hydrogen-bond acceptors (Lipinski definition) is 8. The Kier molecular flexibility index (Phi) is 8.34. The number of aromatic nitrogens is 3. The molecule has 0 saturated carbocycles. The fourth-order valence-electron chi connectivity index (χ4n) is 4.02. The fraction of sp³-hybridized carbons (Fsp3) is 0.133. The summed E-state index contributed by atoms with van der Waals surface area (Å²) < 4.78 is 18.9. The van der Waals surface area contributed by atoms with Crippen LogP contribution in [0.15, 0.2) is 90.6 Å². The zero-order valence-electron chi connectivity index (χ0n) is 21.6. The quantitative estimate of drug-likeness (QED) is 0.165. The molecule has 0 aliphatic rings. The van der Waals surface area contributed by atoms with E-state index >= 15 is 0 Å². The molecule has 1 N–H and O–H groups in total. The first-order valence-corrected chi connectivity index (χ1v) is 13.2. The minimum absolute atomic E-state index is 0.0483. The average molecular weight is 552 g/mol. The number of carbonyl (C=O) groups excluding carboxylic acids is 1. The van der Waals surface area contributed by atoms with Crippen LogP contribution in [0, 0.1) is 11.3 Å². The molecule has 0 aliphatic carbocycles. The lowest BCUT2D eigenvalue weighted by atomic mass is 10.1. The fourth-order valence-corrected chi connectivity index (χ4v) is 4.67. The van der Waals surface area contributed by atoms with E-state index in [1.807, 2.05) is 95.7 Å². The van der Waals surface area contributed by atoms with Gasteiger partial charge in [0.25, 0.3) is 5.91 Å². The van der Waals surface area contributed by atoms with E-state index in [2.05, 4.69) is 15.5 Å². The molecule has 10 heteroatoms. The van der Waals surface area contributed by atoms with Gasteiger partial charge in [0.1, 0.15) is 42.1 Å². The lowest BCUT2D eigenvalue weighted by Crippen LogP contribution is -2.13. The second-order valence-electron chi connectivity index (χ2n) is 8.55. The van der Waals surface area contributed by atoms with Gasteiger partial charge in [-0.1, -0.05) is 53.8 Å². The van der Waals surface area contributed by atoms with E-state index in [1.165, 1.54) is 11.3 Å². The van der Waals surface area contributed by atoms with Gasteiger partial charge in [0.05, 0.1) is 13.7 Å². The van der Waals surface area contributed by atoms with Crippen molar-refractivity contribution in [3.63, 3.8) is 0 Å². The largest absolute Gasteiger partial charge is 0.497 e. The number of para-hydroxylation sites is 2. The van der Waals surface area contributed by atoms with Crippen molar-refractivity contribution >= 4 is 39.4 Å². The smallest absolute Gasteiger partial charge is 0.268 e. The van der Waals surface area contributed by atoms with Gasteiger partial charge < -0.3 is 18.8 Å². The summed E-state index contributed by atoms with van der Waals surface area (Å²) in [7, 11) is 1.61. The maximum absolute atomic E-state index is 12.9. The summed E-state index contributed by atoms with van der Waals surface area (Å²) in [5, 5.41) is 22.3. The number of nitrogens with zero attached hydrogens (tertiary/aromatic N) is 4. The molecule has 40 heavy (non-hydrogen) atoms. The number of nitriles is 1. The molecule has 0 atom stereocenters. The van der Waals surface area contributed by atoms with E-state index in [-0.39, 0.29) is 17.3 Å². The Morgan fingerprint density at radius 2 is 1.77 bits per heavy atom. The summed E-state index contributed by atoms with van der Waals surface area (Å²) >= 11 is 1.19. The number of rotatable bonds is 11. The van der Waals surface area contributed by atoms with Crippen LogP contribution in [0.1, 0.15) is 10.6 Å². The van der Waals surface area contributed by atoms with Gasteiger partial charge in [-0.3, -0.25) is 10.1 Å². The van der Waals surface area contributed by atoms with Crippen LogP contribution in [0.2, 0.25) is 0 Å². The second kappa shape index (κ2) is 12.6. The van der Waals surface area contributed by atoms with Crippen molar-refractivity contribution in [3.05, 3.63) is 101 Å². The lowest BCUT2D eigenvalue weighted by Gasteiger charge is -2.09. The Morgan fingerprint density at radius 3 is 2.60 bits per heavy atom. The second-order valence-corrected chi connectivity index (χ2v) is 9.61. The van der Waals surface area contributed by atoms with Crippen LogP contribution in [-0.4, -0.2) is 34.4 Å². The van der Waals surface area contributed by atoms with E-state index in [4.69, 9.17) is 14.2 Å². The lowest BCUT2D eigenvalue weighted by molar-refractivity contribution is -0.112. The molecule has 2 heterocycles. The highest BCUT2D eigenvalue weighted by molar-refractivity contribution is 7.15. The molecule has 5 rings (SSSR count). The molecule has 0 unspecified atom stereocenters. The molecule has 1 amide bonds. The van der Waals surface area contributed by atoms with Crippen LogP contribution in [0.5, 0.6) is 17.2 Å². The van der Waals surface area contributed by atoms with Crippen LogP contribution >= 0.6 is 11.3 Å². The van der Waals surface area contributed by atoms with Gasteiger partial charge in [-0.2, -0.15) is 5.26 Å². The van der Waals surface area contributed by atoms with E-state index < -0.39 is 5.91 Å². The number of anilines is 1. The summed E-state index contributed by atoms with van der Waals surface area (Å²) in [6, 6.07) is 26.6. The number of carbonyl (C=O) groups is 1.